The van der Waals surface area contributed by atoms with E-state index >= 15 is 0 Å². The van der Waals surface area contributed by atoms with Crippen molar-refractivity contribution in [3.8, 4) is 0 Å². The highest BCUT2D eigenvalue weighted by Gasteiger charge is 2.37. The minimum Gasteiger partial charge on any atom is -0.352 e. The molecule has 4 atom stereocenters. The molecule has 13 heteroatoms. The molecule has 39 heavy (non-hydrogen) atoms. The van der Waals surface area contributed by atoms with Crippen LogP contribution in [-0.4, -0.2) is 56.3 Å². The number of alkyl halides is 3. The van der Waals surface area contributed by atoms with Crippen LogP contribution in [0.2, 0.25) is 0 Å². The van der Waals surface area contributed by atoms with Crippen molar-refractivity contribution in [1.82, 2.24) is 19.4 Å². The van der Waals surface area contributed by atoms with Crippen molar-refractivity contribution < 1.29 is 22.4 Å². The molecule has 2 aliphatic heterocycles. The van der Waals surface area contributed by atoms with Crippen LogP contribution in [0.4, 0.5) is 23.4 Å². The summed E-state index contributed by atoms with van der Waals surface area (Å²) in [6.07, 6.45) is -0.910. The molecule has 2 aromatic heterocycles. The summed E-state index contributed by atoms with van der Waals surface area (Å²) in [4.78, 5) is 37.7. The minimum atomic E-state index is -4.66. The first-order valence-corrected chi connectivity index (χ1v) is 14.7. The Hall–Kier alpha value is -3.12. The van der Waals surface area contributed by atoms with Gasteiger partial charge >= 0.3 is 11.9 Å². The molecule has 5 rings (SSSR count). The van der Waals surface area contributed by atoms with Gasteiger partial charge in [0.05, 0.1) is 17.3 Å². The summed E-state index contributed by atoms with van der Waals surface area (Å²) in [5.41, 5.74) is -0.726. The zero-order chi connectivity index (χ0) is 28.2. The minimum absolute atomic E-state index is 0.0616. The van der Waals surface area contributed by atoms with E-state index < -0.39 is 39.3 Å². The molecular formula is C26H26ClF4N5O2S. The number of rotatable bonds is 3. The number of pyridine rings is 1. The van der Waals surface area contributed by atoms with E-state index in [1.807, 2.05) is 13.8 Å². The number of hydrogen-bond acceptors (Lipinski definition) is 5. The average molecular weight is 584 g/mol. The number of carbonyl (C=O) groups excluding carboxylic acids is 1. The van der Waals surface area contributed by atoms with Crippen molar-refractivity contribution in [2.24, 2.45) is 0 Å². The van der Waals surface area contributed by atoms with Gasteiger partial charge in [-0.05, 0) is 43.7 Å². The Morgan fingerprint density at radius 3 is 2.46 bits per heavy atom. The molecule has 2 aliphatic rings. The van der Waals surface area contributed by atoms with Gasteiger partial charge in [-0.3, -0.25) is 14.3 Å². The summed E-state index contributed by atoms with van der Waals surface area (Å²) in [6.45, 7) is 7.77. The van der Waals surface area contributed by atoms with E-state index in [1.165, 1.54) is 22.9 Å². The summed E-state index contributed by atoms with van der Waals surface area (Å²) in [7, 11) is 5.13. The van der Waals surface area contributed by atoms with E-state index in [0.29, 0.717) is 11.1 Å². The highest BCUT2D eigenvalue weighted by molar-refractivity contribution is 8.36. The number of halogens is 5. The molecule has 1 amide bonds. The average Bonchev–Trinajstić information content (AvgIpc) is 3.02. The van der Waals surface area contributed by atoms with Gasteiger partial charge in [-0.1, -0.05) is 17.3 Å². The fourth-order valence-corrected chi connectivity index (χ4v) is 8.15. The second-order valence-corrected chi connectivity index (χ2v) is 12.7. The smallest absolute Gasteiger partial charge is 0.352 e. The van der Waals surface area contributed by atoms with Gasteiger partial charge in [-0.15, -0.1) is 10.1 Å². The maximum absolute atomic E-state index is 14.1. The van der Waals surface area contributed by atoms with Gasteiger partial charge in [0, 0.05) is 59.9 Å². The Labute approximate surface area is 228 Å². The van der Waals surface area contributed by atoms with Gasteiger partial charge in [-0.25, -0.2) is 9.18 Å². The van der Waals surface area contributed by atoms with E-state index in [1.54, 1.807) is 9.80 Å². The quantitative estimate of drug-likeness (QED) is 0.271. The van der Waals surface area contributed by atoms with E-state index in [0.717, 1.165) is 18.3 Å². The third kappa shape index (κ3) is 5.00. The standard InChI is InChI=1S/C26H26ClF4N5O2S/c1-4-22(37)36-14(2)10-34(11-15(36)3)24-20-6-18(26(29,30)31)7-21-23(20)35(25(38)33-24)12-17(13-39(21)27)16-5-19(28)9-32-8-16/h4-9,14-15,17,39H,1,10-13H2,2-3H3/t14-,15+,17-/m0/s1. The van der Waals surface area contributed by atoms with Crippen LogP contribution in [0.15, 0.2) is 52.9 Å². The zero-order valence-electron chi connectivity index (χ0n) is 21.1. The number of piperazine rings is 1. The molecule has 4 heterocycles. The number of thiol groups is 1. The molecule has 7 nitrogen and oxygen atoms in total. The predicted octanol–water partition coefficient (Wildman–Crippen LogP) is 4.87. The highest BCUT2D eigenvalue weighted by atomic mass is 35.7. The van der Waals surface area contributed by atoms with Crippen molar-refractivity contribution in [2.75, 3.05) is 23.7 Å². The van der Waals surface area contributed by atoms with Crippen molar-refractivity contribution in [1.29, 1.82) is 0 Å². The maximum Gasteiger partial charge on any atom is 0.416 e. The summed E-state index contributed by atoms with van der Waals surface area (Å²) in [5, 5.41) is 0.161. The van der Waals surface area contributed by atoms with Crippen LogP contribution in [0.25, 0.3) is 10.9 Å². The zero-order valence-corrected chi connectivity index (χ0v) is 22.8. The van der Waals surface area contributed by atoms with Crippen LogP contribution in [0.1, 0.15) is 30.9 Å². The van der Waals surface area contributed by atoms with Crippen LogP contribution in [0, 0.1) is 5.82 Å². The van der Waals surface area contributed by atoms with E-state index in [9.17, 15) is 27.2 Å². The SMILES string of the molecule is C=CC(=O)N1[C@H](C)CN(c2nc(=O)n3c4c(cc(C(F)(F)F)cc24)[SH](Cl)C[C@@H](c2cncc(F)c2)C3)C[C@@H]1C. The van der Waals surface area contributed by atoms with E-state index in [4.69, 9.17) is 10.7 Å². The van der Waals surface area contributed by atoms with Gasteiger partial charge in [0.1, 0.15) is 11.6 Å². The van der Waals surface area contributed by atoms with Crippen molar-refractivity contribution in [2.45, 2.75) is 49.5 Å². The lowest BCUT2D eigenvalue weighted by Gasteiger charge is -2.44. The third-order valence-corrected chi connectivity index (χ3v) is 9.84. The van der Waals surface area contributed by atoms with Crippen LogP contribution < -0.4 is 10.6 Å². The lowest BCUT2D eigenvalue weighted by molar-refractivity contribution is -0.137. The Balaban J connectivity index is 1.70. The van der Waals surface area contributed by atoms with Crippen molar-refractivity contribution in [3.05, 3.63) is 70.7 Å². The molecule has 1 saturated heterocycles. The third-order valence-electron chi connectivity index (χ3n) is 7.25. The molecule has 0 radical (unpaired) electrons. The number of hydrogen-bond donors (Lipinski definition) is 1. The molecule has 0 bridgehead atoms. The van der Waals surface area contributed by atoms with Crippen LogP contribution in [0.5, 0.6) is 0 Å². The second kappa shape index (κ2) is 10.1. The Morgan fingerprint density at radius 1 is 1.15 bits per heavy atom. The van der Waals surface area contributed by atoms with Crippen LogP contribution in [0.3, 0.4) is 0 Å². The van der Waals surface area contributed by atoms with Crippen molar-refractivity contribution >= 4 is 43.4 Å². The molecule has 1 unspecified atom stereocenters. The largest absolute Gasteiger partial charge is 0.416 e. The van der Waals surface area contributed by atoms with Crippen molar-refractivity contribution in [3.63, 3.8) is 0 Å². The fraction of sp³-hybridized carbons (Fsp3) is 0.385. The molecule has 0 spiro atoms. The van der Waals surface area contributed by atoms with E-state index in [2.05, 4.69) is 16.5 Å². The topological polar surface area (TPSA) is 71.3 Å². The van der Waals surface area contributed by atoms with E-state index in [-0.39, 0.29) is 59.5 Å². The molecule has 0 saturated carbocycles. The number of aromatic nitrogens is 3. The summed E-state index contributed by atoms with van der Waals surface area (Å²) >= 11 is 0. The molecule has 0 N–H and O–H groups in total. The number of nitrogens with zero attached hydrogens (tertiary/aromatic N) is 5. The predicted molar refractivity (Wildman–Crippen MR) is 144 cm³/mol. The number of anilines is 1. The lowest BCUT2D eigenvalue weighted by atomic mass is 10.0. The van der Waals surface area contributed by atoms with Crippen LogP contribution >= 0.6 is 20.8 Å². The molecular weight excluding hydrogens is 558 g/mol. The monoisotopic (exact) mass is 583 g/mol. The van der Waals surface area contributed by atoms with Gasteiger partial charge in [0.25, 0.3) is 0 Å². The summed E-state index contributed by atoms with van der Waals surface area (Å²) in [5.74, 6) is -0.919. The Bertz CT molecular complexity index is 1520. The molecule has 1 aromatic carbocycles. The first-order valence-electron chi connectivity index (χ1n) is 12.3. The van der Waals surface area contributed by atoms with Crippen LogP contribution in [-0.2, 0) is 17.5 Å². The molecule has 208 valence electrons. The Kier molecular flexibility index (Phi) is 7.13. The van der Waals surface area contributed by atoms with Gasteiger partial charge in [0.15, 0.2) is 0 Å². The Morgan fingerprint density at radius 2 is 1.85 bits per heavy atom. The van der Waals surface area contributed by atoms with Gasteiger partial charge in [-0.2, -0.15) is 18.2 Å². The summed E-state index contributed by atoms with van der Waals surface area (Å²) in [6, 6.07) is 2.70. The highest BCUT2D eigenvalue weighted by Crippen LogP contribution is 2.52. The second-order valence-electron chi connectivity index (χ2n) is 9.95. The number of amides is 1. The number of carbonyl (C=O) groups is 1. The molecule has 3 aromatic rings. The molecule has 0 aliphatic carbocycles. The number of benzene rings is 1. The molecule has 1 fully saturated rings. The fourth-order valence-electron chi connectivity index (χ4n) is 5.61. The van der Waals surface area contributed by atoms with Gasteiger partial charge in [0.2, 0.25) is 5.91 Å². The first-order chi connectivity index (χ1) is 18.4. The lowest BCUT2D eigenvalue weighted by Crippen LogP contribution is -2.58. The first kappa shape index (κ1) is 27.4. The maximum atomic E-state index is 14.1. The normalized spacial score (nSPS) is 24.5. The summed E-state index contributed by atoms with van der Waals surface area (Å²) < 4.78 is 57.6. The van der Waals surface area contributed by atoms with Gasteiger partial charge < -0.3 is 9.80 Å².